The Bertz CT molecular complexity index is 739. The van der Waals surface area contributed by atoms with Gasteiger partial charge in [0, 0.05) is 37.6 Å². The molecule has 0 aliphatic carbocycles. The summed E-state index contributed by atoms with van der Waals surface area (Å²) in [6.07, 6.45) is 0.919. The van der Waals surface area contributed by atoms with Crippen molar-refractivity contribution in [3.63, 3.8) is 0 Å². The number of guanidine groups is 1. The highest BCUT2D eigenvalue weighted by molar-refractivity contribution is 7.09. The zero-order valence-corrected chi connectivity index (χ0v) is 16.6. The molecule has 0 spiro atoms. The van der Waals surface area contributed by atoms with Crippen molar-refractivity contribution in [3.8, 4) is 0 Å². The molecule has 0 atom stereocenters. The van der Waals surface area contributed by atoms with Crippen molar-refractivity contribution in [1.82, 2.24) is 10.2 Å². The number of benzene rings is 1. The third-order valence-corrected chi connectivity index (χ3v) is 5.80. The molecule has 1 saturated heterocycles. The van der Waals surface area contributed by atoms with Crippen molar-refractivity contribution >= 4 is 23.0 Å². The minimum Gasteiger partial charge on any atom is -0.370 e. The minimum absolute atomic E-state index is 0.183. The fourth-order valence-electron chi connectivity index (χ4n) is 3.21. The molecular formula is C20H28FN5S. The molecule has 0 radical (unpaired) electrons. The number of nitrogens with two attached hydrogens (primary N) is 1. The number of aliphatic imine (C=N–C) groups is 1. The average Bonchev–Trinajstić information content (AvgIpc) is 3.20. The predicted octanol–water partition coefficient (Wildman–Crippen LogP) is 2.68. The molecule has 1 aliphatic rings. The van der Waals surface area contributed by atoms with Gasteiger partial charge < -0.3 is 20.9 Å². The highest BCUT2D eigenvalue weighted by Crippen LogP contribution is 2.22. The number of thiophene rings is 1. The van der Waals surface area contributed by atoms with Crippen LogP contribution >= 0.6 is 11.3 Å². The zero-order valence-electron chi connectivity index (χ0n) is 15.8. The molecule has 1 aromatic carbocycles. The van der Waals surface area contributed by atoms with E-state index < -0.39 is 0 Å². The van der Waals surface area contributed by atoms with Crippen LogP contribution in [0.3, 0.4) is 0 Å². The lowest BCUT2D eigenvalue weighted by Crippen LogP contribution is -2.46. The maximum absolute atomic E-state index is 14.5. The summed E-state index contributed by atoms with van der Waals surface area (Å²) in [7, 11) is 0. The van der Waals surface area contributed by atoms with Crippen LogP contribution in [-0.2, 0) is 13.0 Å². The van der Waals surface area contributed by atoms with Gasteiger partial charge in [0.2, 0.25) is 0 Å². The van der Waals surface area contributed by atoms with Gasteiger partial charge in [-0.3, -0.25) is 0 Å². The number of likely N-dealkylation sites (N-methyl/N-ethyl adjacent to an activating group) is 1. The Morgan fingerprint density at radius 1 is 1.26 bits per heavy atom. The lowest BCUT2D eigenvalue weighted by molar-refractivity contribution is 0.270. The van der Waals surface area contributed by atoms with Gasteiger partial charge in [0.25, 0.3) is 0 Å². The molecule has 3 N–H and O–H groups in total. The second-order valence-corrected chi connectivity index (χ2v) is 7.70. The van der Waals surface area contributed by atoms with E-state index in [0.29, 0.717) is 18.2 Å². The Morgan fingerprint density at radius 3 is 2.74 bits per heavy atom. The van der Waals surface area contributed by atoms with E-state index in [-0.39, 0.29) is 5.82 Å². The van der Waals surface area contributed by atoms with Crippen LogP contribution in [0.5, 0.6) is 0 Å². The SMILES string of the molecule is CCN1CCN(c2ccc(CN=C(N)NCCc3cccs3)cc2F)CC1. The van der Waals surface area contributed by atoms with E-state index in [9.17, 15) is 4.39 Å². The van der Waals surface area contributed by atoms with Crippen molar-refractivity contribution in [3.05, 3.63) is 52.0 Å². The first-order valence-electron chi connectivity index (χ1n) is 9.47. The molecule has 1 aliphatic heterocycles. The van der Waals surface area contributed by atoms with Crippen molar-refractivity contribution in [2.45, 2.75) is 19.9 Å². The highest BCUT2D eigenvalue weighted by atomic mass is 32.1. The standard InChI is InChI=1S/C20H28FN5S/c1-2-25-9-11-26(12-10-25)19-6-5-16(14-18(19)21)15-24-20(22)23-8-7-17-4-3-13-27-17/h3-6,13-14H,2,7-12,15H2,1H3,(H3,22,23,24). The van der Waals surface area contributed by atoms with Gasteiger partial charge in [0.1, 0.15) is 5.82 Å². The van der Waals surface area contributed by atoms with Crippen LogP contribution in [0.15, 0.2) is 40.7 Å². The highest BCUT2D eigenvalue weighted by Gasteiger charge is 2.18. The Morgan fingerprint density at radius 2 is 2.07 bits per heavy atom. The molecular weight excluding hydrogens is 361 g/mol. The Hall–Kier alpha value is -2.12. The normalized spacial score (nSPS) is 15.9. The second kappa shape index (κ2) is 9.71. The summed E-state index contributed by atoms with van der Waals surface area (Å²) in [5.41, 5.74) is 7.41. The molecule has 0 bridgehead atoms. The summed E-state index contributed by atoms with van der Waals surface area (Å²) < 4.78 is 14.5. The van der Waals surface area contributed by atoms with E-state index in [1.165, 1.54) is 4.88 Å². The summed E-state index contributed by atoms with van der Waals surface area (Å²) in [5, 5.41) is 5.17. The van der Waals surface area contributed by atoms with Crippen molar-refractivity contribution in [2.24, 2.45) is 10.7 Å². The van der Waals surface area contributed by atoms with Crippen LogP contribution in [-0.4, -0.2) is 50.1 Å². The van der Waals surface area contributed by atoms with Gasteiger partial charge in [-0.05, 0) is 42.1 Å². The third kappa shape index (κ3) is 5.68. The lowest BCUT2D eigenvalue weighted by Gasteiger charge is -2.35. The summed E-state index contributed by atoms with van der Waals surface area (Å²) in [5.74, 6) is 0.212. The number of hydrogen-bond donors (Lipinski definition) is 2. The maximum Gasteiger partial charge on any atom is 0.188 e. The molecule has 2 heterocycles. The predicted molar refractivity (Wildman–Crippen MR) is 112 cm³/mol. The van der Waals surface area contributed by atoms with E-state index in [1.807, 2.05) is 18.2 Å². The molecule has 146 valence electrons. The number of nitrogens with one attached hydrogen (secondary N) is 1. The van der Waals surface area contributed by atoms with Gasteiger partial charge in [0.05, 0.1) is 12.2 Å². The summed E-state index contributed by atoms with van der Waals surface area (Å²) in [6, 6.07) is 9.52. The number of nitrogens with zero attached hydrogens (tertiary/aromatic N) is 3. The van der Waals surface area contributed by atoms with Gasteiger partial charge in [0.15, 0.2) is 5.96 Å². The molecule has 1 aromatic heterocycles. The molecule has 0 saturated carbocycles. The van der Waals surface area contributed by atoms with Crippen LogP contribution in [0.4, 0.5) is 10.1 Å². The quantitative estimate of drug-likeness (QED) is 0.565. The molecule has 0 amide bonds. The molecule has 0 unspecified atom stereocenters. The van der Waals surface area contributed by atoms with Crippen molar-refractivity contribution in [2.75, 3.05) is 44.2 Å². The molecule has 2 aromatic rings. The smallest absolute Gasteiger partial charge is 0.188 e. The maximum atomic E-state index is 14.5. The fraction of sp³-hybridized carbons (Fsp3) is 0.450. The first-order chi connectivity index (χ1) is 13.2. The fourth-order valence-corrected chi connectivity index (χ4v) is 3.92. The average molecular weight is 390 g/mol. The molecule has 27 heavy (non-hydrogen) atoms. The van der Waals surface area contributed by atoms with Crippen LogP contribution in [0.1, 0.15) is 17.4 Å². The van der Waals surface area contributed by atoms with Crippen LogP contribution in [0.25, 0.3) is 0 Å². The molecule has 3 rings (SSSR count). The minimum atomic E-state index is -0.183. The first-order valence-corrected chi connectivity index (χ1v) is 10.4. The zero-order chi connectivity index (χ0) is 19.1. The number of piperazine rings is 1. The van der Waals surface area contributed by atoms with Crippen molar-refractivity contribution < 1.29 is 4.39 Å². The van der Waals surface area contributed by atoms with E-state index in [4.69, 9.17) is 5.73 Å². The van der Waals surface area contributed by atoms with E-state index in [2.05, 4.69) is 38.5 Å². The molecule has 7 heteroatoms. The Balaban J connectivity index is 1.49. The van der Waals surface area contributed by atoms with Gasteiger partial charge >= 0.3 is 0 Å². The third-order valence-electron chi connectivity index (χ3n) is 4.86. The monoisotopic (exact) mass is 389 g/mol. The van der Waals surface area contributed by atoms with Crippen molar-refractivity contribution in [1.29, 1.82) is 0 Å². The Labute approximate surface area is 164 Å². The summed E-state index contributed by atoms with van der Waals surface area (Å²) in [4.78, 5) is 10.1. The lowest BCUT2D eigenvalue weighted by atomic mass is 10.1. The Kier molecular flexibility index (Phi) is 7.06. The van der Waals surface area contributed by atoms with Gasteiger partial charge in [-0.15, -0.1) is 11.3 Å². The summed E-state index contributed by atoms with van der Waals surface area (Å²) in [6.45, 7) is 8.02. The number of hydrogen-bond acceptors (Lipinski definition) is 4. The summed E-state index contributed by atoms with van der Waals surface area (Å²) >= 11 is 1.73. The molecule has 5 nitrogen and oxygen atoms in total. The number of halogens is 1. The van der Waals surface area contributed by atoms with E-state index >= 15 is 0 Å². The van der Waals surface area contributed by atoms with Crippen LogP contribution in [0, 0.1) is 5.82 Å². The van der Waals surface area contributed by atoms with E-state index in [0.717, 1.165) is 51.3 Å². The van der Waals surface area contributed by atoms with E-state index in [1.54, 1.807) is 17.4 Å². The largest absolute Gasteiger partial charge is 0.370 e. The second-order valence-electron chi connectivity index (χ2n) is 6.66. The van der Waals surface area contributed by atoms with Gasteiger partial charge in [-0.25, -0.2) is 9.38 Å². The number of rotatable bonds is 7. The topological polar surface area (TPSA) is 56.9 Å². The molecule has 1 fully saturated rings. The first kappa shape index (κ1) is 19.6. The van der Waals surface area contributed by atoms with Gasteiger partial charge in [-0.1, -0.05) is 19.1 Å². The van der Waals surface area contributed by atoms with Crippen LogP contribution < -0.4 is 16.0 Å². The van der Waals surface area contributed by atoms with Crippen LogP contribution in [0.2, 0.25) is 0 Å². The van der Waals surface area contributed by atoms with Gasteiger partial charge in [-0.2, -0.15) is 0 Å². The number of anilines is 1.